The van der Waals surface area contributed by atoms with Crippen molar-refractivity contribution in [2.45, 2.75) is 39.9 Å². The Bertz CT molecular complexity index is 463. The molecule has 2 atom stereocenters. The van der Waals surface area contributed by atoms with E-state index in [2.05, 4.69) is 5.32 Å². The van der Waals surface area contributed by atoms with Crippen LogP contribution in [-0.4, -0.2) is 36.2 Å². The van der Waals surface area contributed by atoms with Crippen LogP contribution in [0.2, 0.25) is 0 Å². The Morgan fingerprint density at radius 2 is 1.89 bits per heavy atom. The predicted molar refractivity (Wildman–Crippen MR) is 76.5 cm³/mol. The average Bonchev–Trinajstić information content (AvgIpc) is 2.33. The molecular weight excluding hydrogens is 240 g/mol. The van der Waals surface area contributed by atoms with Gasteiger partial charge in [0.05, 0.1) is 12.2 Å². The summed E-state index contributed by atoms with van der Waals surface area (Å²) in [4.78, 5) is 14.1. The molecule has 4 nitrogen and oxygen atoms in total. The van der Waals surface area contributed by atoms with Gasteiger partial charge in [0.25, 0.3) is 0 Å². The van der Waals surface area contributed by atoms with E-state index in [9.17, 15) is 4.79 Å². The lowest BCUT2D eigenvalue weighted by Gasteiger charge is -2.35. The van der Waals surface area contributed by atoms with Gasteiger partial charge in [0, 0.05) is 18.8 Å². The molecule has 2 amide bonds. The third kappa shape index (κ3) is 3.26. The van der Waals surface area contributed by atoms with Gasteiger partial charge < -0.3 is 15.0 Å². The van der Waals surface area contributed by atoms with Crippen LogP contribution in [0.4, 0.5) is 10.5 Å². The summed E-state index contributed by atoms with van der Waals surface area (Å²) in [5, 5.41) is 2.99. The molecule has 0 spiro atoms. The van der Waals surface area contributed by atoms with Gasteiger partial charge in [0.15, 0.2) is 0 Å². The number of rotatable bonds is 1. The van der Waals surface area contributed by atoms with Crippen LogP contribution in [0.5, 0.6) is 0 Å². The van der Waals surface area contributed by atoms with Gasteiger partial charge in [-0.3, -0.25) is 0 Å². The highest BCUT2D eigenvalue weighted by molar-refractivity contribution is 5.90. The smallest absolute Gasteiger partial charge is 0.322 e. The number of nitrogens with one attached hydrogen (secondary N) is 1. The second-order valence-electron chi connectivity index (χ2n) is 5.34. The zero-order valence-electron chi connectivity index (χ0n) is 12.1. The molecule has 4 heteroatoms. The largest absolute Gasteiger partial charge is 0.372 e. The van der Waals surface area contributed by atoms with Gasteiger partial charge in [-0.15, -0.1) is 0 Å². The standard InChI is InChI=1S/C15H22N2O2/c1-10-6-5-7-14(13(10)4)16-15(18)17-8-11(2)19-12(3)9-17/h5-7,11-12H,8-9H2,1-4H3,(H,16,18)/t11-,12-/m1/s1. The summed E-state index contributed by atoms with van der Waals surface area (Å²) in [5.41, 5.74) is 3.18. The molecule has 0 saturated carbocycles. The first kappa shape index (κ1) is 13.9. The summed E-state index contributed by atoms with van der Waals surface area (Å²) >= 11 is 0. The number of carbonyl (C=O) groups is 1. The van der Waals surface area contributed by atoms with Crippen LogP contribution in [0.1, 0.15) is 25.0 Å². The number of hydrogen-bond donors (Lipinski definition) is 1. The maximum atomic E-state index is 12.3. The molecule has 1 heterocycles. The molecule has 0 bridgehead atoms. The Hall–Kier alpha value is -1.55. The number of ether oxygens (including phenoxy) is 1. The van der Waals surface area contributed by atoms with Crippen molar-refractivity contribution < 1.29 is 9.53 Å². The van der Waals surface area contributed by atoms with Crippen molar-refractivity contribution >= 4 is 11.7 Å². The Morgan fingerprint density at radius 1 is 1.26 bits per heavy atom. The van der Waals surface area contributed by atoms with Crippen LogP contribution in [-0.2, 0) is 4.74 Å². The van der Waals surface area contributed by atoms with Crippen LogP contribution in [0.3, 0.4) is 0 Å². The third-order valence-corrected chi connectivity index (χ3v) is 3.55. The minimum Gasteiger partial charge on any atom is -0.372 e. The summed E-state index contributed by atoms with van der Waals surface area (Å²) in [6, 6.07) is 5.90. The molecule has 2 rings (SSSR count). The Morgan fingerprint density at radius 3 is 2.53 bits per heavy atom. The van der Waals surface area contributed by atoms with E-state index in [0.29, 0.717) is 13.1 Å². The molecule has 1 aromatic rings. The first-order chi connectivity index (χ1) is 8.97. The number of aryl methyl sites for hydroxylation is 1. The first-order valence-corrected chi connectivity index (χ1v) is 6.75. The second kappa shape index (κ2) is 5.61. The van der Waals surface area contributed by atoms with E-state index in [-0.39, 0.29) is 18.2 Å². The van der Waals surface area contributed by atoms with Gasteiger partial charge in [0.2, 0.25) is 0 Å². The number of amides is 2. The number of urea groups is 1. The molecule has 1 N–H and O–H groups in total. The number of nitrogens with zero attached hydrogens (tertiary/aromatic N) is 1. The molecule has 1 aromatic carbocycles. The Balaban J connectivity index is 2.06. The van der Waals surface area contributed by atoms with E-state index >= 15 is 0 Å². The van der Waals surface area contributed by atoms with Crippen molar-refractivity contribution in [3.05, 3.63) is 29.3 Å². The summed E-state index contributed by atoms with van der Waals surface area (Å²) in [6.07, 6.45) is 0.182. The number of anilines is 1. The van der Waals surface area contributed by atoms with Crippen LogP contribution in [0.15, 0.2) is 18.2 Å². The van der Waals surface area contributed by atoms with Crippen molar-refractivity contribution in [3.63, 3.8) is 0 Å². The summed E-state index contributed by atoms with van der Waals surface area (Å²) in [5.74, 6) is 0. The molecule has 104 valence electrons. The Labute approximate surface area is 114 Å². The third-order valence-electron chi connectivity index (χ3n) is 3.55. The second-order valence-corrected chi connectivity index (χ2v) is 5.34. The number of morpholine rings is 1. The minimum absolute atomic E-state index is 0.0456. The quantitative estimate of drug-likeness (QED) is 0.845. The fourth-order valence-electron chi connectivity index (χ4n) is 2.42. The molecule has 1 fully saturated rings. The van der Waals surface area contributed by atoms with Gasteiger partial charge in [-0.25, -0.2) is 4.79 Å². The number of carbonyl (C=O) groups excluding carboxylic acids is 1. The van der Waals surface area contributed by atoms with Crippen molar-refractivity contribution in [1.82, 2.24) is 4.90 Å². The van der Waals surface area contributed by atoms with Gasteiger partial charge in [-0.1, -0.05) is 12.1 Å². The van der Waals surface area contributed by atoms with Crippen LogP contribution in [0, 0.1) is 13.8 Å². The molecule has 0 radical (unpaired) electrons. The van der Waals surface area contributed by atoms with Gasteiger partial charge in [-0.05, 0) is 44.9 Å². The van der Waals surface area contributed by atoms with Crippen LogP contribution < -0.4 is 5.32 Å². The van der Waals surface area contributed by atoms with E-state index in [1.807, 2.05) is 50.8 Å². The van der Waals surface area contributed by atoms with Crippen molar-refractivity contribution in [3.8, 4) is 0 Å². The van der Waals surface area contributed by atoms with Crippen LogP contribution >= 0.6 is 0 Å². The average molecular weight is 262 g/mol. The lowest BCUT2D eigenvalue weighted by Crippen LogP contribution is -2.49. The highest BCUT2D eigenvalue weighted by atomic mass is 16.5. The zero-order chi connectivity index (χ0) is 14.0. The SMILES string of the molecule is Cc1cccc(NC(=O)N2C[C@@H](C)O[C@H](C)C2)c1C. The summed E-state index contributed by atoms with van der Waals surface area (Å²) in [6.45, 7) is 9.34. The van der Waals surface area contributed by atoms with E-state index in [1.54, 1.807) is 0 Å². The maximum Gasteiger partial charge on any atom is 0.322 e. The topological polar surface area (TPSA) is 41.6 Å². The van der Waals surface area contributed by atoms with E-state index in [0.717, 1.165) is 11.3 Å². The molecular formula is C15H22N2O2. The highest BCUT2D eigenvalue weighted by Crippen LogP contribution is 2.19. The summed E-state index contributed by atoms with van der Waals surface area (Å²) in [7, 11) is 0. The molecule has 1 saturated heterocycles. The lowest BCUT2D eigenvalue weighted by atomic mass is 10.1. The van der Waals surface area contributed by atoms with Gasteiger partial charge in [0.1, 0.15) is 0 Å². The normalized spacial score (nSPS) is 23.3. The molecule has 1 aliphatic rings. The van der Waals surface area contributed by atoms with E-state index < -0.39 is 0 Å². The van der Waals surface area contributed by atoms with Crippen molar-refractivity contribution in [1.29, 1.82) is 0 Å². The highest BCUT2D eigenvalue weighted by Gasteiger charge is 2.26. The lowest BCUT2D eigenvalue weighted by molar-refractivity contribution is -0.0530. The molecule has 1 aliphatic heterocycles. The first-order valence-electron chi connectivity index (χ1n) is 6.75. The van der Waals surface area contributed by atoms with Crippen molar-refractivity contribution in [2.75, 3.05) is 18.4 Å². The van der Waals surface area contributed by atoms with Crippen molar-refractivity contribution in [2.24, 2.45) is 0 Å². The predicted octanol–water partition coefficient (Wildman–Crippen LogP) is 2.94. The van der Waals surface area contributed by atoms with E-state index in [4.69, 9.17) is 4.74 Å². The Kier molecular flexibility index (Phi) is 4.10. The van der Waals surface area contributed by atoms with E-state index in [1.165, 1.54) is 5.56 Å². The summed E-state index contributed by atoms with van der Waals surface area (Å²) < 4.78 is 5.64. The monoisotopic (exact) mass is 262 g/mol. The maximum absolute atomic E-state index is 12.3. The molecule has 0 aliphatic carbocycles. The van der Waals surface area contributed by atoms with Crippen LogP contribution in [0.25, 0.3) is 0 Å². The number of benzene rings is 1. The minimum atomic E-state index is -0.0456. The zero-order valence-corrected chi connectivity index (χ0v) is 12.1. The molecule has 19 heavy (non-hydrogen) atoms. The fraction of sp³-hybridized carbons (Fsp3) is 0.533. The molecule has 0 aromatic heterocycles. The molecule has 0 unspecified atom stereocenters. The number of hydrogen-bond acceptors (Lipinski definition) is 2. The van der Waals surface area contributed by atoms with Gasteiger partial charge >= 0.3 is 6.03 Å². The van der Waals surface area contributed by atoms with Gasteiger partial charge in [-0.2, -0.15) is 0 Å². The fourth-order valence-corrected chi connectivity index (χ4v) is 2.42.